The number of halogens is 1. The third-order valence-corrected chi connectivity index (χ3v) is 3.23. The molecule has 0 aliphatic heterocycles. The van der Waals surface area contributed by atoms with Crippen molar-refractivity contribution in [3.63, 3.8) is 0 Å². The highest BCUT2D eigenvalue weighted by Crippen LogP contribution is 2.24. The van der Waals surface area contributed by atoms with Crippen LogP contribution < -0.4 is 11.1 Å². The van der Waals surface area contributed by atoms with Gasteiger partial charge in [-0.15, -0.1) is 0 Å². The molecule has 4 nitrogen and oxygen atoms in total. The number of aromatic hydroxyl groups is 1. The second-order valence-corrected chi connectivity index (χ2v) is 5.14. The van der Waals surface area contributed by atoms with Crippen molar-refractivity contribution in [1.29, 1.82) is 0 Å². The van der Waals surface area contributed by atoms with Gasteiger partial charge in [-0.1, -0.05) is 13.8 Å². The van der Waals surface area contributed by atoms with Crippen molar-refractivity contribution < 1.29 is 9.90 Å². The van der Waals surface area contributed by atoms with Crippen molar-refractivity contribution in [1.82, 2.24) is 5.32 Å². The third-order valence-electron chi connectivity index (χ3n) is 2.56. The number of phenols is 1. The number of carbonyl (C=O) groups is 1. The van der Waals surface area contributed by atoms with Gasteiger partial charge in [-0.05, 0) is 40.0 Å². The van der Waals surface area contributed by atoms with E-state index in [4.69, 9.17) is 5.73 Å². The van der Waals surface area contributed by atoms with E-state index >= 15 is 0 Å². The van der Waals surface area contributed by atoms with Gasteiger partial charge in [0.1, 0.15) is 5.75 Å². The maximum absolute atomic E-state index is 11.7. The van der Waals surface area contributed by atoms with Crippen LogP contribution in [0.15, 0.2) is 22.7 Å². The van der Waals surface area contributed by atoms with Gasteiger partial charge >= 0.3 is 0 Å². The highest BCUT2D eigenvalue weighted by molar-refractivity contribution is 9.10. The lowest BCUT2D eigenvalue weighted by Crippen LogP contribution is -2.40. The lowest BCUT2D eigenvalue weighted by atomic mass is 10.1. The minimum absolute atomic E-state index is 0.0470. The Balaban J connectivity index is 2.61. The van der Waals surface area contributed by atoms with Crippen LogP contribution in [0.2, 0.25) is 0 Å². The van der Waals surface area contributed by atoms with Crippen molar-refractivity contribution in [2.75, 3.05) is 6.54 Å². The molecule has 0 spiro atoms. The zero-order chi connectivity index (χ0) is 13.0. The van der Waals surface area contributed by atoms with E-state index in [1.54, 1.807) is 12.1 Å². The van der Waals surface area contributed by atoms with Crippen molar-refractivity contribution in [3.8, 4) is 5.75 Å². The summed E-state index contributed by atoms with van der Waals surface area (Å²) in [6.07, 6.45) is 0. The number of carbonyl (C=O) groups excluding carboxylic acids is 1. The third kappa shape index (κ3) is 4.02. The van der Waals surface area contributed by atoms with Gasteiger partial charge in [-0.2, -0.15) is 0 Å². The number of amides is 1. The van der Waals surface area contributed by atoms with E-state index in [0.717, 1.165) is 0 Å². The summed E-state index contributed by atoms with van der Waals surface area (Å²) in [7, 11) is 0. The number of benzene rings is 1. The summed E-state index contributed by atoms with van der Waals surface area (Å²) < 4.78 is 0.563. The molecular formula is C12H17BrN2O2. The van der Waals surface area contributed by atoms with Crippen LogP contribution in [0.25, 0.3) is 0 Å². The summed E-state index contributed by atoms with van der Waals surface area (Å²) in [4.78, 5) is 11.7. The molecule has 0 radical (unpaired) electrons. The molecule has 0 saturated heterocycles. The highest BCUT2D eigenvalue weighted by atomic mass is 79.9. The number of phenolic OH excluding ortho intramolecular Hbond substituents is 1. The summed E-state index contributed by atoms with van der Waals surface area (Å²) in [5.41, 5.74) is 6.24. The Labute approximate surface area is 109 Å². The predicted octanol–water partition coefficient (Wildman–Crippen LogP) is 1.87. The molecule has 1 unspecified atom stereocenters. The van der Waals surface area contributed by atoms with Gasteiger partial charge in [0.15, 0.2) is 0 Å². The first-order valence-electron chi connectivity index (χ1n) is 5.44. The normalized spacial score (nSPS) is 12.5. The summed E-state index contributed by atoms with van der Waals surface area (Å²) in [5.74, 6) is 0.128. The Morgan fingerprint density at radius 1 is 1.53 bits per heavy atom. The van der Waals surface area contributed by atoms with Crippen LogP contribution in [0, 0.1) is 5.92 Å². The van der Waals surface area contributed by atoms with Gasteiger partial charge in [0.2, 0.25) is 0 Å². The van der Waals surface area contributed by atoms with E-state index in [1.165, 1.54) is 6.07 Å². The fourth-order valence-corrected chi connectivity index (χ4v) is 1.45. The van der Waals surface area contributed by atoms with Crippen LogP contribution in [0.3, 0.4) is 0 Å². The van der Waals surface area contributed by atoms with Gasteiger partial charge in [0, 0.05) is 18.2 Å². The molecule has 0 heterocycles. The van der Waals surface area contributed by atoms with Crippen molar-refractivity contribution >= 4 is 21.8 Å². The standard InChI is InChI=1S/C12H17BrN2O2/c1-7(2)10(14)6-15-12(17)8-3-4-9(13)11(16)5-8/h3-5,7,10,16H,6,14H2,1-2H3,(H,15,17). The largest absolute Gasteiger partial charge is 0.507 e. The molecule has 4 N–H and O–H groups in total. The van der Waals surface area contributed by atoms with Crippen molar-refractivity contribution in [3.05, 3.63) is 28.2 Å². The maximum atomic E-state index is 11.7. The first kappa shape index (κ1) is 14.0. The Bertz CT molecular complexity index is 407. The van der Waals surface area contributed by atoms with E-state index in [-0.39, 0.29) is 17.7 Å². The van der Waals surface area contributed by atoms with Gasteiger partial charge < -0.3 is 16.2 Å². The molecule has 0 bridgehead atoms. The molecule has 1 aromatic rings. The minimum Gasteiger partial charge on any atom is -0.507 e. The molecule has 5 heteroatoms. The highest BCUT2D eigenvalue weighted by Gasteiger charge is 2.11. The Morgan fingerprint density at radius 2 is 2.18 bits per heavy atom. The molecule has 0 aliphatic rings. The van der Waals surface area contributed by atoms with Gasteiger partial charge in [-0.25, -0.2) is 0 Å². The lowest BCUT2D eigenvalue weighted by molar-refractivity contribution is 0.0949. The van der Waals surface area contributed by atoms with Crippen LogP contribution in [0.5, 0.6) is 5.75 Å². The summed E-state index contributed by atoms with van der Waals surface area (Å²) in [6, 6.07) is 4.62. The first-order chi connectivity index (χ1) is 7.91. The molecule has 1 atom stereocenters. The number of rotatable bonds is 4. The summed E-state index contributed by atoms with van der Waals surface area (Å²) in [6.45, 7) is 4.43. The molecule has 0 fully saturated rings. The quantitative estimate of drug-likeness (QED) is 0.794. The van der Waals surface area contributed by atoms with E-state index in [0.29, 0.717) is 22.5 Å². The predicted molar refractivity (Wildman–Crippen MR) is 71.0 cm³/mol. The SMILES string of the molecule is CC(C)C(N)CNC(=O)c1ccc(Br)c(O)c1. The second kappa shape index (κ2) is 6.02. The minimum atomic E-state index is -0.232. The molecular weight excluding hydrogens is 284 g/mol. The average Bonchev–Trinajstić information content (AvgIpc) is 2.28. The zero-order valence-electron chi connectivity index (χ0n) is 9.90. The lowest BCUT2D eigenvalue weighted by Gasteiger charge is -2.16. The van der Waals surface area contributed by atoms with Crippen LogP contribution in [-0.4, -0.2) is 23.6 Å². The zero-order valence-corrected chi connectivity index (χ0v) is 11.5. The fraction of sp³-hybridized carbons (Fsp3) is 0.417. The van der Waals surface area contributed by atoms with Crippen LogP contribution in [-0.2, 0) is 0 Å². The number of hydrogen-bond donors (Lipinski definition) is 3. The smallest absolute Gasteiger partial charge is 0.251 e. The molecule has 1 amide bonds. The van der Waals surface area contributed by atoms with Crippen LogP contribution in [0.4, 0.5) is 0 Å². The van der Waals surface area contributed by atoms with Gasteiger partial charge in [-0.3, -0.25) is 4.79 Å². The van der Waals surface area contributed by atoms with E-state index in [9.17, 15) is 9.90 Å². The Hall–Kier alpha value is -1.07. The Morgan fingerprint density at radius 3 is 2.71 bits per heavy atom. The molecule has 0 aliphatic carbocycles. The molecule has 94 valence electrons. The Kier molecular flexibility index (Phi) is 4.96. The van der Waals surface area contributed by atoms with Crippen molar-refractivity contribution in [2.45, 2.75) is 19.9 Å². The van der Waals surface area contributed by atoms with Gasteiger partial charge in [0.05, 0.1) is 4.47 Å². The van der Waals surface area contributed by atoms with E-state index < -0.39 is 0 Å². The van der Waals surface area contributed by atoms with Crippen molar-refractivity contribution in [2.24, 2.45) is 11.7 Å². The van der Waals surface area contributed by atoms with E-state index in [1.807, 2.05) is 13.8 Å². The van der Waals surface area contributed by atoms with Crippen LogP contribution >= 0.6 is 15.9 Å². The first-order valence-corrected chi connectivity index (χ1v) is 6.23. The molecule has 0 saturated carbocycles. The van der Waals surface area contributed by atoms with Crippen LogP contribution in [0.1, 0.15) is 24.2 Å². The topological polar surface area (TPSA) is 75.3 Å². The van der Waals surface area contributed by atoms with E-state index in [2.05, 4.69) is 21.2 Å². The number of nitrogens with one attached hydrogen (secondary N) is 1. The second-order valence-electron chi connectivity index (χ2n) is 4.28. The number of nitrogens with two attached hydrogens (primary N) is 1. The molecule has 17 heavy (non-hydrogen) atoms. The fourth-order valence-electron chi connectivity index (χ4n) is 1.20. The number of hydrogen-bond acceptors (Lipinski definition) is 3. The maximum Gasteiger partial charge on any atom is 0.251 e. The molecule has 1 aromatic carbocycles. The average molecular weight is 301 g/mol. The summed E-state index contributed by atoms with van der Waals surface area (Å²) >= 11 is 3.16. The van der Waals surface area contributed by atoms with Gasteiger partial charge in [0.25, 0.3) is 5.91 Å². The monoisotopic (exact) mass is 300 g/mol. The molecule has 0 aromatic heterocycles. The summed E-state index contributed by atoms with van der Waals surface area (Å²) in [5, 5.41) is 12.2. The molecule has 1 rings (SSSR count).